The summed E-state index contributed by atoms with van der Waals surface area (Å²) in [6.45, 7) is 0.145. The topological polar surface area (TPSA) is 71.8 Å². The van der Waals surface area contributed by atoms with E-state index in [0.29, 0.717) is 0 Å². The summed E-state index contributed by atoms with van der Waals surface area (Å²) in [4.78, 5) is 12.8. The number of para-hydroxylation sites is 3. The van der Waals surface area contributed by atoms with Crippen molar-refractivity contribution >= 4 is 28.3 Å². The first-order valence-corrected chi connectivity index (χ1v) is 11.1. The van der Waals surface area contributed by atoms with Crippen LogP contribution in [0, 0.1) is 17.8 Å². The highest BCUT2D eigenvalue weighted by atomic mass is 16.2. The summed E-state index contributed by atoms with van der Waals surface area (Å²) in [7, 11) is 0. The minimum atomic E-state index is -0.0922. The average molecular weight is 402 g/mol. The first-order chi connectivity index (χ1) is 14.7. The van der Waals surface area contributed by atoms with Gasteiger partial charge in [-0.2, -0.15) is 0 Å². The molecule has 6 nitrogen and oxygen atoms in total. The molecule has 154 valence electrons. The van der Waals surface area contributed by atoms with E-state index in [-0.39, 0.29) is 18.0 Å². The van der Waals surface area contributed by atoms with Crippen LogP contribution in [0.4, 0.5) is 11.4 Å². The number of fused-ring (bicyclic) bond motifs is 1. The van der Waals surface area contributed by atoms with Crippen LogP contribution in [0.3, 0.4) is 0 Å². The average Bonchev–Trinajstić information content (AvgIpc) is 3.11. The Hall–Kier alpha value is -2.89. The summed E-state index contributed by atoms with van der Waals surface area (Å²) < 4.78 is 1.65. The van der Waals surface area contributed by atoms with Crippen LogP contribution in [0.5, 0.6) is 0 Å². The molecule has 6 heteroatoms. The van der Waals surface area contributed by atoms with E-state index >= 15 is 0 Å². The van der Waals surface area contributed by atoms with Crippen LogP contribution in [-0.2, 0) is 11.3 Å². The maximum atomic E-state index is 12.8. The van der Waals surface area contributed by atoms with Gasteiger partial charge in [0.1, 0.15) is 12.1 Å². The number of anilines is 2. The van der Waals surface area contributed by atoms with E-state index in [1.807, 2.05) is 42.5 Å². The first kappa shape index (κ1) is 17.9. The van der Waals surface area contributed by atoms with Crippen molar-refractivity contribution in [3.8, 4) is 0 Å². The Kier molecular flexibility index (Phi) is 4.08. The van der Waals surface area contributed by atoms with Crippen LogP contribution >= 0.6 is 0 Å². The molecule has 4 fully saturated rings. The van der Waals surface area contributed by atoms with Gasteiger partial charge in [-0.25, -0.2) is 4.68 Å². The lowest BCUT2D eigenvalue weighted by Crippen LogP contribution is -2.54. The van der Waals surface area contributed by atoms with E-state index in [1.54, 1.807) is 4.68 Å². The highest BCUT2D eigenvalue weighted by Gasteiger charge is 2.51. The molecular weight excluding hydrogens is 374 g/mol. The molecule has 0 aliphatic heterocycles. The Morgan fingerprint density at radius 1 is 0.933 bits per heavy atom. The smallest absolute Gasteiger partial charge is 0.246 e. The zero-order chi connectivity index (χ0) is 20.1. The Morgan fingerprint density at radius 3 is 2.30 bits per heavy atom. The number of hydrogen-bond acceptors (Lipinski definition) is 4. The number of nitrogens with one attached hydrogen (secondary N) is 2. The van der Waals surface area contributed by atoms with Gasteiger partial charge in [0, 0.05) is 5.54 Å². The van der Waals surface area contributed by atoms with Crippen molar-refractivity contribution in [2.75, 3.05) is 10.6 Å². The number of rotatable bonds is 5. The molecular formula is C24H27N5O. The lowest BCUT2D eigenvalue weighted by Gasteiger charge is -2.57. The summed E-state index contributed by atoms with van der Waals surface area (Å²) in [6.07, 6.45) is 8.08. The second kappa shape index (κ2) is 6.83. The van der Waals surface area contributed by atoms with Crippen molar-refractivity contribution in [2.24, 2.45) is 17.8 Å². The number of amides is 1. The molecule has 4 bridgehead atoms. The molecule has 0 unspecified atom stereocenters. The Labute approximate surface area is 176 Å². The zero-order valence-corrected chi connectivity index (χ0v) is 17.1. The standard InChI is InChI=1S/C24H27N5O/c30-23(15-29-22-8-4-3-7-21(22)27-28-29)25-19-5-1-2-6-20(19)26-24-12-16-9-17(13-24)11-18(10-16)14-24/h1-8,16-18,26H,9-15H2,(H,25,30). The maximum absolute atomic E-state index is 12.8. The van der Waals surface area contributed by atoms with Crippen molar-refractivity contribution in [3.63, 3.8) is 0 Å². The summed E-state index contributed by atoms with van der Waals surface area (Å²) >= 11 is 0. The lowest BCUT2D eigenvalue weighted by molar-refractivity contribution is -0.116. The van der Waals surface area contributed by atoms with Gasteiger partial charge in [0.25, 0.3) is 0 Å². The number of nitrogens with zero attached hydrogens (tertiary/aromatic N) is 3. The molecule has 4 saturated carbocycles. The quantitative estimate of drug-likeness (QED) is 0.663. The van der Waals surface area contributed by atoms with Gasteiger partial charge in [0.15, 0.2) is 0 Å². The molecule has 2 N–H and O–H groups in total. The fourth-order valence-electron chi connectivity index (χ4n) is 6.61. The number of benzene rings is 2. The summed E-state index contributed by atoms with van der Waals surface area (Å²) in [5.74, 6) is 2.55. The van der Waals surface area contributed by atoms with Gasteiger partial charge in [-0.15, -0.1) is 5.10 Å². The van der Waals surface area contributed by atoms with Crippen LogP contribution in [0.25, 0.3) is 11.0 Å². The Balaban J connectivity index is 1.20. The van der Waals surface area contributed by atoms with Crippen LogP contribution in [0.15, 0.2) is 48.5 Å². The van der Waals surface area contributed by atoms with Gasteiger partial charge >= 0.3 is 0 Å². The van der Waals surface area contributed by atoms with Gasteiger partial charge in [-0.05, 0) is 80.5 Å². The lowest BCUT2D eigenvalue weighted by atomic mass is 9.53. The Bertz CT molecular complexity index is 1070. The van der Waals surface area contributed by atoms with Crippen LogP contribution in [0.1, 0.15) is 38.5 Å². The van der Waals surface area contributed by atoms with E-state index in [1.165, 1.54) is 38.5 Å². The highest BCUT2D eigenvalue weighted by molar-refractivity contribution is 5.94. The van der Waals surface area contributed by atoms with Crippen molar-refractivity contribution in [1.82, 2.24) is 15.0 Å². The zero-order valence-electron chi connectivity index (χ0n) is 17.1. The number of aromatic nitrogens is 3. The van der Waals surface area contributed by atoms with Gasteiger partial charge in [0.2, 0.25) is 5.91 Å². The third-order valence-electron chi connectivity index (χ3n) is 7.35. The maximum Gasteiger partial charge on any atom is 0.246 e. The normalized spacial score (nSPS) is 29.3. The van der Waals surface area contributed by atoms with E-state index in [4.69, 9.17) is 0 Å². The van der Waals surface area contributed by atoms with E-state index in [0.717, 1.165) is 40.2 Å². The molecule has 0 saturated heterocycles. The Morgan fingerprint density at radius 2 is 1.57 bits per heavy atom. The van der Waals surface area contributed by atoms with Crippen LogP contribution in [0.2, 0.25) is 0 Å². The molecule has 2 aromatic carbocycles. The van der Waals surface area contributed by atoms with Crippen LogP contribution < -0.4 is 10.6 Å². The molecule has 0 atom stereocenters. The fraction of sp³-hybridized carbons (Fsp3) is 0.458. The summed E-state index contributed by atoms with van der Waals surface area (Å²) in [5, 5.41) is 15.3. The molecule has 1 heterocycles. The minimum absolute atomic E-state index is 0.0922. The summed E-state index contributed by atoms with van der Waals surface area (Å²) in [5.41, 5.74) is 3.76. The van der Waals surface area contributed by atoms with Crippen molar-refractivity contribution in [3.05, 3.63) is 48.5 Å². The number of carbonyl (C=O) groups is 1. The third kappa shape index (κ3) is 3.15. The second-order valence-electron chi connectivity index (χ2n) is 9.65. The molecule has 3 aromatic rings. The SMILES string of the molecule is O=C(Cn1nnc2ccccc21)Nc1ccccc1NC12CC3CC(CC(C3)C1)C2. The van der Waals surface area contributed by atoms with Gasteiger partial charge < -0.3 is 10.6 Å². The molecule has 4 aliphatic rings. The van der Waals surface area contributed by atoms with E-state index < -0.39 is 0 Å². The number of hydrogen-bond donors (Lipinski definition) is 2. The minimum Gasteiger partial charge on any atom is -0.378 e. The van der Waals surface area contributed by atoms with Gasteiger partial charge in [-0.1, -0.05) is 29.5 Å². The first-order valence-electron chi connectivity index (χ1n) is 11.1. The predicted octanol–water partition coefficient (Wildman–Crippen LogP) is 4.45. The van der Waals surface area contributed by atoms with E-state index in [2.05, 4.69) is 27.0 Å². The molecule has 7 rings (SSSR count). The molecule has 1 amide bonds. The predicted molar refractivity (Wildman–Crippen MR) is 117 cm³/mol. The van der Waals surface area contributed by atoms with E-state index in [9.17, 15) is 4.79 Å². The number of carbonyl (C=O) groups excluding carboxylic acids is 1. The molecule has 4 aliphatic carbocycles. The van der Waals surface area contributed by atoms with Crippen molar-refractivity contribution in [2.45, 2.75) is 50.6 Å². The third-order valence-corrected chi connectivity index (χ3v) is 7.35. The van der Waals surface area contributed by atoms with Crippen molar-refractivity contribution in [1.29, 1.82) is 0 Å². The molecule has 30 heavy (non-hydrogen) atoms. The highest BCUT2D eigenvalue weighted by Crippen LogP contribution is 2.56. The van der Waals surface area contributed by atoms with Gasteiger partial charge in [0.05, 0.1) is 16.9 Å². The fourth-order valence-corrected chi connectivity index (χ4v) is 6.61. The van der Waals surface area contributed by atoms with Gasteiger partial charge in [-0.3, -0.25) is 4.79 Å². The van der Waals surface area contributed by atoms with Crippen LogP contribution in [-0.4, -0.2) is 26.4 Å². The molecule has 0 spiro atoms. The largest absolute Gasteiger partial charge is 0.378 e. The second-order valence-corrected chi connectivity index (χ2v) is 9.65. The molecule has 1 aromatic heterocycles. The van der Waals surface area contributed by atoms with Crippen molar-refractivity contribution < 1.29 is 4.79 Å². The summed E-state index contributed by atoms with van der Waals surface area (Å²) in [6, 6.07) is 15.8. The molecule has 0 radical (unpaired) electrons. The monoisotopic (exact) mass is 401 g/mol.